The summed E-state index contributed by atoms with van der Waals surface area (Å²) in [7, 11) is -1.41. The number of amides is 2. The lowest BCUT2D eigenvalue weighted by atomic mass is 10.1. The largest absolute Gasteiger partial charge is 0.493 e. The maximum atomic E-state index is 14.3. The third-order valence-electron chi connectivity index (χ3n) is 6.80. The first kappa shape index (κ1) is 33.7. The molecule has 0 spiro atoms. The molecule has 232 valence electrons. The van der Waals surface area contributed by atoms with E-state index in [1.807, 2.05) is 40.7 Å². The molecular formula is C32H40ClN3O6S. The summed E-state index contributed by atoms with van der Waals surface area (Å²) in [5.74, 6) is -0.257. The molecule has 0 aliphatic carbocycles. The van der Waals surface area contributed by atoms with Gasteiger partial charge in [-0.1, -0.05) is 36.7 Å². The van der Waals surface area contributed by atoms with Gasteiger partial charge in [-0.25, -0.2) is 8.42 Å². The smallest absolute Gasteiger partial charge is 0.264 e. The van der Waals surface area contributed by atoms with Gasteiger partial charge < -0.3 is 19.7 Å². The zero-order valence-corrected chi connectivity index (χ0v) is 27.3. The highest BCUT2D eigenvalue weighted by Crippen LogP contribution is 2.33. The summed E-state index contributed by atoms with van der Waals surface area (Å²) in [5, 5.41) is 3.43. The Hall–Kier alpha value is -3.76. The second kappa shape index (κ2) is 14.6. The number of halogens is 1. The summed E-state index contributed by atoms with van der Waals surface area (Å²) in [6.07, 6.45) is 0.323. The third kappa shape index (κ3) is 8.42. The third-order valence-corrected chi connectivity index (χ3v) is 8.82. The predicted octanol–water partition coefficient (Wildman–Crippen LogP) is 5.50. The predicted molar refractivity (Wildman–Crippen MR) is 169 cm³/mol. The van der Waals surface area contributed by atoms with Crippen LogP contribution >= 0.6 is 11.6 Å². The summed E-state index contributed by atoms with van der Waals surface area (Å²) in [4.78, 5) is 28.9. The van der Waals surface area contributed by atoms with E-state index in [0.29, 0.717) is 22.9 Å². The standard InChI is InChI=1S/C32H40ClN3O6S/c1-8-28(32(38)34-21(2)3)35(19-24-9-11-25(33)12-10-24)31(37)20-36(26-16-22(4)15-23(5)17-26)43(39,40)27-13-14-29(41-6)30(18-27)42-7/h9-18,21,28H,8,19-20H2,1-7H3,(H,34,38). The molecular weight excluding hydrogens is 590 g/mol. The van der Waals surface area contributed by atoms with Gasteiger partial charge in [0.05, 0.1) is 24.8 Å². The molecule has 0 fully saturated rings. The Morgan fingerprint density at radius 1 is 0.907 bits per heavy atom. The van der Waals surface area contributed by atoms with Gasteiger partial charge in [-0.05, 0) is 87.2 Å². The minimum Gasteiger partial charge on any atom is -0.493 e. The van der Waals surface area contributed by atoms with Crippen LogP contribution in [0.4, 0.5) is 5.69 Å². The number of carbonyl (C=O) groups is 2. The lowest BCUT2D eigenvalue weighted by molar-refractivity contribution is -0.140. The molecule has 1 atom stereocenters. The Labute approximate surface area is 259 Å². The maximum absolute atomic E-state index is 14.3. The molecule has 0 saturated carbocycles. The SMILES string of the molecule is CCC(C(=O)NC(C)C)N(Cc1ccc(Cl)cc1)C(=O)CN(c1cc(C)cc(C)c1)S(=O)(=O)c1ccc(OC)c(OC)c1. The van der Waals surface area contributed by atoms with Crippen LogP contribution in [0.1, 0.15) is 43.9 Å². The number of rotatable bonds is 13. The molecule has 3 rings (SSSR count). The van der Waals surface area contributed by atoms with Crippen molar-refractivity contribution < 1.29 is 27.5 Å². The van der Waals surface area contributed by atoms with Crippen molar-refractivity contribution in [3.63, 3.8) is 0 Å². The molecule has 0 saturated heterocycles. The number of sulfonamides is 1. The molecule has 9 nitrogen and oxygen atoms in total. The lowest BCUT2D eigenvalue weighted by Gasteiger charge is -2.33. The van der Waals surface area contributed by atoms with E-state index in [2.05, 4.69) is 5.32 Å². The van der Waals surface area contributed by atoms with Crippen LogP contribution in [-0.4, -0.2) is 58.0 Å². The van der Waals surface area contributed by atoms with Crippen molar-refractivity contribution in [3.8, 4) is 11.5 Å². The van der Waals surface area contributed by atoms with Crippen molar-refractivity contribution >= 4 is 39.1 Å². The molecule has 1 unspecified atom stereocenters. The van der Waals surface area contributed by atoms with Crippen LogP contribution in [0.3, 0.4) is 0 Å². The number of hydrogen-bond donors (Lipinski definition) is 1. The van der Waals surface area contributed by atoms with Crippen molar-refractivity contribution in [1.82, 2.24) is 10.2 Å². The molecule has 0 radical (unpaired) electrons. The number of ether oxygens (including phenoxy) is 2. The average molecular weight is 630 g/mol. The van der Waals surface area contributed by atoms with Crippen LogP contribution in [0.2, 0.25) is 5.02 Å². The van der Waals surface area contributed by atoms with Crippen molar-refractivity contribution in [3.05, 3.63) is 82.4 Å². The quantitative estimate of drug-likeness (QED) is 0.268. The molecule has 43 heavy (non-hydrogen) atoms. The van der Waals surface area contributed by atoms with Gasteiger partial charge in [0.1, 0.15) is 12.6 Å². The van der Waals surface area contributed by atoms with Crippen molar-refractivity contribution in [2.75, 3.05) is 25.1 Å². The van der Waals surface area contributed by atoms with E-state index in [1.165, 1.54) is 37.3 Å². The van der Waals surface area contributed by atoms with Crippen molar-refractivity contribution in [2.45, 2.75) is 64.6 Å². The lowest BCUT2D eigenvalue weighted by Crippen LogP contribution is -2.53. The zero-order chi connectivity index (χ0) is 31.9. The number of nitrogens with one attached hydrogen (secondary N) is 1. The van der Waals surface area contributed by atoms with Crippen LogP contribution in [-0.2, 0) is 26.2 Å². The Bertz CT molecular complexity index is 1520. The van der Waals surface area contributed by atoms with Gasteiger partial charge in [0.2, 0.25) is 11.8 Å². The van der Waals surface area contributed by atoms with Gasteiger partial charge in [-0.15, -0.1) is 0 Å². The van der Waals surface area contributed by atoms with Crippen LogP contribution in [0, 0.1) is 13.8 Å². The number of carbonyl (C=O) groups excluding carboxylic acids is 2. The average Bonchev–Trinajstić information content (AvgIpc) is 2.95. The Morgan fingerprint density at radius 3 is 2.05 bits per heavy atom. The fourth-order valence-corrected chi connectivity index (χ4v) is 6.35. The number of anilines is 1. The molecule has 0 heterocycles. The minimum absolute atomic E-state index is 0.0778. The molecule has 0 aliphatic rings. The number of methoxy groups -OCH3 is 2. The summed E-state index contributed by atoms with van der Waals surface area (Å²) in [6.45, 7) is 8.75. The summed E-state index contributed by atoms with van der Waals surface area (Å²) in [5.41, 5.74) is 2.73. The van der Waals surface area contributed by atoms with Gasteiger partial charge in [-0.3, -0.25) is 13.9 Å². The van der Waals surface area contributed by atoms with E-state index in [9.17, 15) is 18.0 Å². The van der Waals surface area contributed by atoms with E-state index in [1.54, 1.807) is 36.4 Å². The van der Waals surface area contributed by atoms with Crippen molar-refractivity contribution in [1.29, 1.82) is 0 Å². The minimum atomic E-state index is -4.29. The van der Waals surface area contributed by atoms with Gasteiger partial charge in [0.15, 0.2) is 11.5 Å². The zero-order valence-electron chi connectivity index (χ0n) is 25.7. The van der Waals surface area contributed by atoms with Crippen molar-refractivity contribution in [2.24, 2.45) is 0 Å². The van der Waals surface area contributed by atoms with E-state index in [0.717, 1.165) is 21.0 Å². The van der Waals surface area contributed by atoms with Gasteiger partial charge in [0.25, 0.3) is 10.0 Å². The topological polar surface area (TPSA) is 105 Å². The fourth-order valence-electron chi connectivity index (χ4n) is 4.81. The Morgan fingerprint density at radius 2 is 1.51 bits per heavy atom. The van der Waals surface area contributed by atoms with E-state index in [4.69, 9.17) is 21.1 Å². The van der Waals surface area contributed by atoms with Crippen LogP contribution in [0.25, 0.3) is 0 Å². The van der Waals surface area contributed by atoms with Gasteiger partial charge in [0, 0.05) is 23.7 Å². The first-order valence-electron chi connectivity index (χ1n) is 14.0. The van der Waals surface area contributed by atoms with E-state index >= 15 is 0 Å². The van der Waals surface area contributed by atoms with Gasteiger partial charge >= 0.3 is 0 Å². The monoisotopic (exact) mass is 629 g/mol. The fraction of sp³-hybridized carbons (Fsp3) is 0.375. The number of benzene rings is 3. The van der Waals surface area contributed by atoms with E-state index < -0.39 is 28.5 Å². The number of aryl methyl sites for hydroxylation is 2. The molecule has 1 N–H and O–H groups in total. The molecule has 3 aromatic carbocycles. The summed E-state index contributed by atoms with van der Waals surface area (Å²) in [6, 6.07) is 15.6. The molecule has 0 bridgehead atoms. The normalized spacial score (nSPS) is 12.0. The van der Waals surface area contributed by atoms with E-state index in [-0.39, 0.29) is 29.1 Å². The second-order valence-corrected chi connectivity index (χ2v) is 12.9. The number of nitrogens with zero attached hydrogens (tertiary/aromatic N) is 2. The second-order valence-electron chi connectivity index (χ2n) is 10.6. The summed E-state index contributed by atoms with van der Waals surface area (Å²) < 4.78 is 40.2. The van der Waals surface area contributed by atoms with Crippen LogP contribution in [0.5, 0.6) is 11.5 Å². The maximum Gasteiger partial charge on any atom is 0.264 e. The van der Waals surface area contributed by atoms with Crippen LogP contribution in [0.15, 0.2) is 65.6 Å². The molecule has 0 aliphatic heterocycles. The van der Waals surface area contributed by atoms with Gasteiger partial charge in [-0.2, -0.15) is 0 Å². The molecule has 2 amide bonds. The highest BCUT2D eigenvalue weighted by molar-refractivity contribution is 7.92. The Kier molecular flexibility index (Phi) is 11.5. The highest BCUT2D eigenvalue weighted by atomic mass is 35.5. The number of hydrogen-bond acceptors (Lipinski definition) is 6. The first-order valence-corrected chi connectivity index (χ1v) is 15.8. The first-order chi connectivity index (χ1) is 20.3. The summed E-state index contributed by atoms with van der Waals surface area (Å²) >= 11 is 6.08. The molecule has 3 aromatic rings. The molecule has 11 heteroatoms. The van der Waals surface area contributed by atoms with Crippen LogP contribution < -0.4 is 19.1 Å². The highest BCUT2D eigenvalue weighted by Gasteiger charge is 2.34. The Balaban J connectivity index is 2.13. The molecule has 0 aromatic heterocycles.